The van der Waals surface area contributed by atoms with Gasteiger partial charge in [0.05, 0.1) is 5.69 Å². The average Bonchev–Trinajstić information content (AvgIpc) is 2.87. The lowest BCUT2D eigenvalue weighted by Crippen LogP contribution is -2.44. The van der Waals surface area contributed by atoms with Crippen molar-refractivity contribution in [3.63, 3.8) is 0 Å². The maximum Gasteiger partial charge on any atom is 0.324 e. The first kappa shape index (κ1) is 16.5. The minimum absolute atomic E-state index is 0.125. The highest BCUT2D eigenvalue weighted by Gasteiger charge is 2.26. The molecule has 3 rings (SSSR count). The summed E-state index contributed by atoms with van der Waals surface area (Å²) in [5.41, 5.74) is 2.06. The predicted octanol–water partition coefficient (Wildman–Crippen LogP) is 3.11. The van der Waals surface area contributed by atoms with Gasteiger partial charge in [-0.2, -0.15) is 0 Å². The SMILES string of the molecule is Cc1cc(NC(=O)N2CCCN(Cc3ccccc3)C[C@H]2C)on1. The number of carbonyl (C=O) groups excluding carboxylic acids is 1. The van der Waals surface area contributed by atoms with Crippen molar-refractivity contribution in [1.82, 2.24) is 15.0 Å². The van der Waals surface area contributed by atoms with Crippen LogP contribution in [-0.4, -0.2) is 46.7 Å². The van der Waals surface area contributed by atoms with Gasteiger partial charge in [-0.15, -0.1) is 0 Å². The fraction of sp³-hybridized carbons (Fsp3) is 0.444. The van der Waals surface area contributed by atoms with Crippen LogP contribution in [0.3, 0.4) is 0 Å². The first-order valence-corrected chi connectivity index (χ1v) is 8.39. The van der Waals surface area contributed by atoms with Gasteiger partial charge in [0.15, 0.2) is 0 Å². The molecule has 0 saturated carbocycles. The van der Waals surface area contributed by atoms with Crippen molar-refractivity contribution in [3.8, 4) is 0 Å². The lowest BCUT2D eigenvalue weighted by atomic mass is 10.2. The van der Waals surface area contributed by atoms with Gasteiger partial charge in [-0.05, 0) is 25.8 Å². The first-order valence-electron chi connectivity index (χ1n) is 8.39. The largest absolute Gasteiger partial charge is 0.338 e. The zero-order valence-corrected chi connectivity index (χ0v) is 14.2. The number of aromatic nitrogens is 1. The second kappa shape index (κ2) is 7.49. The van der Waals surface area contributed by atoms with E-state index in [9.17, 15) is 4.79 Å². The number of aryl methyl sites for hydroxylation is 1. The summed E-state index contributed by atoms with van der Waals surface area (Å²) in [6.07, 6.45) is 0.958. The number of anilines is 1. The van der Waals surface area contributed by atoms with Crippen LogP contribution >= 0.6 is 0 Å². The van der Waals surface area contributed by atoms with E-state index in [2.05, 4.69) is 46.6 Å². The lowest BCUT2D eigenvalue weighted by molar-refractivity contribution is 0.183. The summed E-state index contributed by atoms with van der Waals surface area (Å²) in [6, 6.07) is 12.2. The zero-order valence-electron chi connectivity index (χ0n) is 14.2. The van der Waals surface area contributed by atoms with Gasteiger partial charge in [0.25, 0.3) is 0 Å². The maximum absolute atomic E-state index is 12.5. The van der Waals surface area contributed by atoms with Gasteiger partial charge in [-0.3, -0.25) is 10.2 Å². The fourth-order valence-electron chi connectivity index (χ4n) is 3.14. The number of urea groups is 1. The van der Waals surface area contributed by atoms with Gasteiger partial charge in [0, 0.05) is 38.3 Å². The van der Waals surface area contributed by atoms with Crippen LogP contribution in [0.25, 0.3) is 0 Å². The third-order valence-electron chi connectivity index (χ3n) is 4.30. The lowest BCUT2D eigenvalue weighted by Gasteiger charge is -2.28. The van der Waals surface area contributed by atoms with E-state index >= 15 is 0 Å². The molecule has 0 bridgehead atoms. The highest BCUT2D eigenvalue weighted by Crippen LogP contribution is 2.16. The molecule has 128 valence electrons. The molecule has 2 heterocycles. The summed E-state index contributed by atoms with van der Waals surface area (Å²) in [6.45, 7) is 7.43. The van der Waals surface area contributed by atoms with Gasteiger partial charge >= 0.3 is 6.03 Å². The van der Waals surface area contributed by atoms with Crippen LogP contribution in [0, 0.1) is 6.92 Å². The normalized spacial score (nSPS) is 19.1. The van der Waals surface area contributed by atoms with Crippen LogP contribution < -0.4 is 5.32 Å². The quantitative estimate of drug-likeness (QED) is 0.940. The van der Waals surface area contributed by atoms with E-state index in [4.69, 9.17) is 4.52 Å². The van der Waals surface area contributed by atoms with Gasteiger partial charge in [0.1, 0.15) is 0 Å². The van der Waals surface area contributed by atoms with Crippen molar-refractivity contribution in [2.75, 3.05) is 25.0 Å². The second-order valence-electron chi connectivity index (χ2n) is 6.38. The third-order valence-corrected chi connectivity index (χ3v) is 4.30. The van der Waals surface area contributed by atoms with E-state index in [0.29, 0.717) is 5.88 Å². The third kappa shape index (κ3) is 4.14. The van der Waals surface area contributed by atoms with E-state index in [1.807, 2.05) is 17.9 Å². The molecule has 2 aromatic rings. The van der Waals surface area contributed by atoms with Crippen LogP contribution in [0.15, 0.2) is 40.9 Å². The molecule has 1 aromatic carbocycles. The molecule has 1 saturated heterocycles. The summed E-state index contributed by atoms with van der Waals surface area (Å²) in [4.78, 5) is 16.8. The molecule has 0 aliphatic carbocycles. The highest BCUT2D eigenvalue weighted by atomic mass is 16.5. The Labute approximate surface area is 142 Å². The number of carbonyl (C=O) groups is 1. The average molecular weight is 328 g/mol. The number of hydrogen-bond acceptors (Lipinski definition) is 4. The molecule has 1 aromatic heterocycles. The van der Waals surface area contributed by atoms with Crippen LogP contribution in [0.2, 0.25) is 0 Å². The highest BCUT2D eigenvalue weighted by molar-refractivity contribution is 5.88. The van der Waals surface area contributed by atoms with Crippen molar-refractivity contribution in [1.29, 1.82) is 0 Å². The van der Waals surface area contributed by atoms with Crippen molar-refractivity contribution >= 4 is 11.9 Å². The summed E-state index contributed by atoms with van der Waals surface area (Å²) in [5.74, 6) is 0.398. The van der Waals surface area contributed by atoms with Gasteiger partial charge in [-0.25, -0.2) is 4.79 Å². The first-order chi connectivity index (χ1) is 11.6. The van der Waals surface area contributed by atoms with E-state index in [0.717, 1.165) is 38.3 Å². The topological polar surface area (TPSA) is 61.6 Å². The van der Waals surface area contributed by atoms with E-state index in [-0.39, 0.29) is 12.1 Å². The number of rotatable bonds is 3. The number of amides is 2. The molecule has 0 radical (unpaired) electrons. The maximum atomic E-state index is 12.5. The Morgan fingerprint density at radius 3 is 2.83 bits per heavy atom. The minimum atomic E-state index is -0.125. The molecular weight excluding hydrogens is 304 g/mol. The van der Waals surface area contributed by atoms with Crippen LogP contribution in [-0.2, 0) is 6.54 Å². The molecule has 2 amide bonds. The molecule has 6 heteroatoms. The van der Waals surface area contributed by atoms with Crippen molar-refractivity contribution in [3.05, 3.63) is 47.7 Å². The number of nitrogens with one attached hydrogen (secondary N) is 1. The Balaban J connectivity index is 1.59. The van der Waals surface area contributed by atoms with Crippen molar-refractivity contribution in [2.24, 2.45) is 0 Å². The molecule has 24 heavy (non-hydrogen) atoms. The number of hydrogen-bond donors (Lipinski definition) is 1. The molecule has 0 spiro atoms. The molecule has 1 N–H and O–H groups in total. The Hall–Kier alpha value is -2.34. The number of benzene rings is 1. The Bertz CT molecular complexity index is 671. The van der Waals surface area contributed by atoms with Gasteiger partial charge < -0.3 is 9.42 Å². The summed E-state index contributed by atoms with van der Waals surface area (Å²) in [7, 11) is 0. The van der Waals surface area contributed by atoms with E-state index in [1.165, 1.54) is 5.56 Å². The Morgan fingerprint density at radius 2 is 2.12 bits per heavy atom. The van der Waals surface area contributed by atoms with Crippen LogP contribution in [0.1, 0.15) is 24.6 Å². The van der Waals surface area contributed by atoms with E-state index in [1.54, 1.807) is 6.07 Å². The smallest absolute Gasteiger partial charge is 0.324 e. The van der Waals surface area contributed by atoms with Crippen LogP contribution in [0.4, 0.5) is 10.7 Å². The molecule has 6 nitrogen and oxygen atoms in total. The Morgan fingerprint density at radius 1 is 1.33 bits per heavy atom. The van der Waals surface area contributed by atoms with Gasteiger partial charge in [0.2, 0.25) is 5.88 Å². The minimum Gasteiger partial charge on any atom is -0.338 e. The standard InChI is InChI=1S/C18H24N4O2/c1-14-11-17(24-20-14)19-18(23)22-10-6-9-21(12-15(22)2)13-16-7-4-3-5-8-16/h3-5,7-8,11,15H,6,9-10,12-13H2,1-2H3,(H,19,23)/t15-/m1/s1. The summed E-state index contributed by atoms with van der Waals surface area (Å²) >= 11 is 0. The second-order valence-corrected chi connectivity index (χ2v) is 6.38. The predicted molar refractivity (Wildman–Crippen MR) is 92.8 cm³/mol. The molecule has 1 atom stereocenters. The Kier molecular flexibility index (Phi) is 5.15. The summed E-state index contributed by atoms with van der Waals surface area (Å²) in [5, 5.41) is 6.59. The molecule has 1 aliphatic rings. The molecular formula is C18H24N4O2. The monoisotopic (exact) mass is 328 g/mol. The van der Waals surface area contributed by atoms with E-state index < -0.39 is 0 Å². The van der Waals surface area contributed by atoms with Gasteiger partial charge in [-0.1, -0.05) is 35.5 Å². The van der Waals surface area contributed by atoms with Crippen molar-refractivity contribution in [2.45, 2.75) is 32.9 Å². The molecule has 0 unspecified atom stereocenters. The number of nitrogens with zero attached hydrogens (tertiary/aromatic N) is 3. The van der Waals surface area contributed by atoms with Crippen molar-refractivity contribution < 1.29 is 9.32 Å². The zero-order chi connectivity index (χ0) is 16.9. The summed E-state index contributed by atoms with van der Waals surface area (Å²) < 4.78 is 5.07. The molecule has 1 fully saturated rings. The fourth-order valence-corrected chi connectivity index (χ4v) is 3.14. The van der Waals surface area contributed by atoms with Crippen LogP contribution in [0.5, 0.6) is 0 Å². The molecule has 1 aliphatic heterocycles.